The van der Waals surface area contributed by atoms with Crippen LogP contribution in [0.25, 0.3) is 10.8 Å². The molecule has 154 valence electrons. The zero-order valence-electron chi connectivity index (χ0n) is 17.4. The Kier molecular flexibility index (Phi) is 8.20. The van der Waals surface area contributed by atoms with E-state index in [1.165, 1.54) is 10.9 Å². The van der Waals surface area contributed by atoms with Gasteiger partial charge in [-0.15, -0.1) is 0 Å². The fraction of sp³-hybridized carbons (Fsp3) is 0.545. The monoisotopic (exact) mass is 387 g/mol. The molecule has 0 saturated heterocycles. The van der Waals surface area contributed by atoms with Crippen LogP contribution in [0.5, 0.6) is 0 Å². The smallest absolute Gasteiger partial charge is 0.410 e. The third-order valence-corrected chi connectivity index (χ3v) is 4.40. The summed E-state index contributed by atoms with van der Waals surface area (Å²) in [7, 11) is 0. The summed E-state index contributed by atoms with van der Waals surface area (Å²) in [4.78, 5) is 18.0. The second-order valence-electron chi connectivity index (χ2n) is 8.28. The van der Waals surface area contributed by atoms with Gasteiger partial charge in [0.05, 0.1) is 6.61 Å². The van der Waals surface area contributed by atoms with Gasteiger partial charge in [0.15, 0.2) is 0 Å². The van der Waals surface area contributed by atoms with Crippen molar-refractivity contribution in [1.82, 2.24) is 15.2 Å². The van der Waals surface area contributed by atoms with Crippen LogP contribution < -0.4 is 5.32 Å². The van der Waals surface area contributed by atoms with Gasteiger partial charge in [0.2, 0.25) is 0 Å². The lowest BCUT2D eigenvalue weighted by Crippen LogP contribution is -2.41. The van der Waals surface area contributed by atoms with Crippen LogP contribution in [0.15, 0.2) is 36.7 Å². The number of aliphatic hydroxyl groups excluding tert-OH is 1. The predicted octanol–water partition coefficient (Wildman–Crippen LogP) is 3.58. The quantitative estimate of drug-likeness (QED) is 0.643. The molecule has 0 saturated carbocycles. The van der Waals surface area contributed by atoms with Crippen LogP contribution in [-0.4, -0.2) is 52.9 Å². The van der Waals surface area contributed by atoms with Gasteiger partial charge in [0.1, 0.15) is 5.60 Å². The molecule has 1 aromatic carbocycles. The minimum Gasteiger partial charge on any atom is -0.444 e. The molecular weight excluding hydrogens is 354 g/mol. The van der Waals surface area contributed by atoms with Gasteiger partial charge in [0, 0.05) is 37.4 Å². The number of carbonyl (C=O) groups excluding carboxylic acids is 1. The fourth-order valence-electron chi connectivity index (χ4n) is 3.00. The summed E-state index contributed by atoms with van der Waals surface area (Å²) >= 11 is 0. The first-order chi connectivity index (χ1) is 13.3. The molecule has 1 amide bonds. The summed E-state index contributed by atoms with van der Waals surface area (Å²) in [5.74, 6) is 0.300. The molecule has 28 heavy (non-hydrogen) atoms. The van der Waals surface area contributed by atoms with Gasteiger partial charge in [-0.3, -0.25) is 4.98 Å². The Balaban J connectivity index is 1.76. The number of hydrogen-bond acceptors (Lipinski definition) is 5. The number of hydrogen-bond donors (Lipinski definition) is 2. The van der Waals surface area contributed by atoms with Crippen LogP contribution in [0, 0.1) is 5.92 Å². The molecule has 0 aliphatic heterocycles. The van der Waals surface area contributed by atoms with Gasteiger partial charge in [-0.25, -0.2) is 4.79 Å². The molecule has 0 radical (unpaired) electrons. The van der Waals surface area contributed by atoms with Gasteiger partial charge >= 0.3 is 6.09 Å². The van der Waals surface area contributed by atoms with E-state index >= 15 is 0 Å². The van der Waals surface area contributed by atoms with Crippen LogP contribution in [0.3, 0.4) is 0 Å². The van der Waals surface area contributed by atoms with Crippen LogP contribution in [0.4, 0.5) is 4.79 Å². The summed E-state index contributed by atoms with van der Waals surface area (Å²) in [6.07, 6.45) is 4.25. The topological polar surface area (TPSA) is 74.7 Å². The third kappa shape index (κ3) is 7.44. The van der Waals surface area contributed by atoms with Gasteiger partial charge in [-0.1, -0.05) is 19.1 Å². The van der Waals surface area contributed by atoms with Crippen molar-refractivity contribution < 1.29 is 14.6 Å². The molecule has 6 heteroatoms. The molecule has 1 atom stereocenters. The molecule has 2 N–H and O–H groups in total. The van der Waals surface area contributed by atoms with E-state index in [-0.39, 0.29) is 12.7 Å². The third-order valence-electron chi connectivity index (χ3n) is 4.40. The van der Waals surface area contributed by atoms with Crippen molar-refractivity contribution in [2.75, 3.05) is 26.2 Å². The Bertz CT molecular complexity index is 758. The number of carbonyl (C=O) groups is 1. The molecule has 0 fully saturated rings. The van der Waals surface area contributed by atoms with Crippen molar-refractivity contribution in [3.63, 3.8) is 0 Å². The molecule has 0 unspecified atom stereocenters. The van der Waals surface area contributed by atoms with Crippen molar-refractivity contribution in [3.05, 3.63) is 42.2 Å². The first-order valence-electron chi connectivity index (χ1n) is 9.90. The summed E-state index contributed by atoms with van der Waals surface area (Å²) in [6.45, 7) is 10.1. The Morgan fingerprint density at radius 2 is 2.07 bits per heavy atom. The van der Waals surface area contributed by atoms with Gasteiger partial charge in [-0.05, 0) is 62.7 Å². The largest absolute Gasteiger partial charge is 0.444 e. The van der Waals surface area contributed by atoms with Crippen molar-refractivity contribution in [3.8, 4) is 0 Å². The Morgan fingerprint density at radius 3 is 2.79 bits per heavy atom. The van der Waals surface area contributed by atoms with Crippen molar-refractivity contribution in [2.45, 2.75) is 46.3 Å². The highest BCUT2D eigenvalue weighted by Crippen LogP contribution is 2.15. The lowest BCUT2D eigenvalue weighted by molar-refractivity contribution is 0.0189. The van der Waals surface area contributed by atoms with E-state index in [9.17, 15) is 9.90 Å². The Labute approximate surface area is 167 Å². The number of aliphatic hydroxyl groups is 1. The highest BCUT2D eigenvalue weighted by Gasteiger charge is 2.23. The van der Waals surface area contributed by atoms with Gasteiger partial charge in [0.25, 0.3) is 0 Å². The number of fused-ring (bicyclic) bond motifs is 1. The highest BCUT2D eigenvalue weighted by atomic mass is 16.6. The Hall–Kier alpha value is -2.18. The standard InChI is InChI=1S/C22H33N3O3/c1-17(16-25(11-12-26)21(27)28-22(2,3)4)7-9-23-14-18-5-6-20-15-24-10-8-19(20)13-18/h5-6,8,10,13,15,17,23,26H,7,9,11-12,14,16H2,1-4H3/t17-/m1/s1. The van der Waals surface area contributed by atoms with E-state index in [0.29, 0.717) is 19.0 Å². The fourth-order valence-corrected chi connectivity index (χ4v) is 3.00. The average molecular weight is 388 g/mol. The van der Waals surface area contributed by atoms with E-state index in [1.807, 2.05) is 39.2 Å². The summed E-state index contributed by atoms with van der Waals surface area (Å²) in [5, 5.41) is 15.1. The minimum absolute atomic E-state index is 0.0678. The number of nitrogens with one attached hydrogen (secondary N) is 1. The second-order valence-corrected chi connectivity index (χ2v) is 8.28. The number of amides is 1. The zero-order chi connectivity index (χ0) is 20.6. The summed E-state index contributed by atoms with van der Waals surface area (Å²) in [5.41, 5.74) is 0.702. The molecule has 2 aromatic rings. The number of aromatic nitrogens is 1. The SMILES string of the molecule is C[C@H](CCNCc1ccc2cnccc2c1)CN(CCO)C(=O)OC(C)(C)C. The van der Waals surface area contributed by atoms with Crippen LogP contribution >= 0.6 is 0 Å². The molecule has 2 rings (SSSR count). The van der Waals surface area contributed by atoms with Crippen molar-refractivity contribution >= 4 is 16.9 Å². The number of pyridine rings is 1. The second kappa shape index (κ2) is 10.4. The van der Waals surface area contributed by atoms with Crippen molar-refractivity contribution in [1.29, 1.82) is 0 Å². The molecular formula is C22H33N3O3. The highest BCUT2D eigenvalue weighted by molar-refractivity contribution is 5.81. The van der Waals surface area contributed by atoms with Crippen LogP contribution in [0.2, 0.25) is 0 Å². The summed E-state index contributed by atoms with van der Waals surface area (Å²) < 4.78 is 5.43. The van der Waals surface area contributed by atoms with E-state index in [2.05, 4.69) is 35.4 Å². The number of ether oxygens (including phenoxy) is 1. The molecule has 0 bridgehead atoms. The lowest BCUT2D eigenvalue weighted by atomic mass is 10.1. The first kappa shape index (κ1) is 22.1. The normalized spacial score (nSPS) is 12.8. The number of nitrogens with zero attached hydrogens (tertiary/aromatic N) is 2. The van der Waals surface area contributed by atoms with Crippen LogP contribution in [0.1, 0.15) is 39.7 Å². The minimum atomic E-state index is -0.536. The molecule has 6 nitrogen and oxygen atoms in total. The molecule has 0 aliphatic rings. The first-order valence-corrected chi connectivity index (χ1v) is 9.90. The molecule has 1 heterocycles. The van der Waals surface area contributed by atoms with E-state index in [1.54, 1.807) is 4.90 Å². The van der Waals surface area contributed by atoms with Crippen LogP contribution in [-0.2, 0) is 11.3 Å². The molecule has 0 spiro atoms. The van der Waals surface area contributed by atoms with Crippen molar-refractivity contribution in [2.24, 2.45) is 5.92 Å². The van der Waals surface area contributed by atoms with E-state index in [0.717, 1.165) is 24.9 Å². The van der Waals surface area contributed by atoms with E-state index < -0.39 is 5.60 Å². The lowest BCUT2D eigenvalue weighted by Gasteiger charge is -2.29. The number of benzene rings is 1. The van der Waals surface area contributed by atoms with Gasteiger partial charge in [-0.2, -0.15) is 0 Å². The maximum atomic E-state index is 12.3. The molecule has 0 aliphatic carbocycles. The molecule has 1 aromatic heterocycles. The Morgan fingerprint density at radius 1 is 1.29 bits per heavy atom. The zero-order valence-corrected chi connectivity index (χ0v) is 17.4. The number of rotatable bonds is 9. The maximum absolute atomic E-state index is 12.3. The maximum Gasteiger partial charge on any atom is 0.410 e. The summed E-state index contributed by atoms with van der Waals surface area (Å²) in [6, 6.07) is 8.41. The predicted molar refractivity (Wildman–Crippen MR) is 112 cm³/mol. The average Bonchev–Trinajstić information content (AvgIpc) is 2.63. The van der Waals surface area contributed by atoms with E-state index in [4.69, 9.17) is 4.74 Å². The van der Waals surface area contributed by atoms with Gasteiger partial charge < -0.3 is 20.1 Å².